The van der Waals surface area contributed by atoms with E-state index in [1.807, 2.05) is 24.3 Å². The number of para-hydroxylation sites is 1. The number of hydrogen-bond donors (Lipinski definition) is 2. The molecule has 0 atom stereocenters. The minimum atomic E-state index is -1.06. The van der Waals surface area contributed by atoms with Crippen molar-refractivity contribution >= 4 is 40.4 Å². The van der Waals surface area contributed by atoms with Crippen LogP contribution in [0.25, 0.3) is 17.0 Å². The van der Waals surface area contributed by atoms with E-state index in [1.54, 1.807) is 12.3 Å². The Morgan fingerprint density at radius 3 is 2.54 bits per heavy atom. The van der Waals surface area contributed by atoms with E-state index in [9.17, 15) is 14.4 Å². The van der Waals surface area contributed by atoms with Crippen molar-refractivity contribution in [2.75, 3.05) is 4.90 Å². The second-order valence-electron chi connectivity index (χ2n) is 6.02. The number of aromatic nitrogens is 1. The Labute approximate surface area is 148 Å². The third-order valence-electron chi connectivity index (χ3n) is 4.39. The van der Waals surface area contributed by atoms with Crippen molar-refractivity contribution in [1.82, 2.24) is 4.98 Å². The van der Waals surface area contributed by atoms with Crippen molar-refractivity contribution in [3.05, 3.63) is 71.4 Å². The highest BCUT2D eigenvalue weighted by molar-refractivity contribution is 6.29. The maximum absolute atomic E-state index is 12.7. The molecule has 0 saturated carbocycles. The molecule has 6 nitrogen and oxygen atoms in total. The van der Waals surface area contributed by atoms with Gasteiger partial charge in [-0.05, 0) is 36.4 Å². The number of imide groups is 1. The normalized spacial score (nSPS) is 16.0. The van der Waals surface area contributed by atoms with Crippen LogP contribution in [0, 0.1) is 0 Å². The van der Waals surface area contributed by atoms with Gasteiger partial charge >= 0.3 is 5.97 Å². The Morgan fingerprint density at radius 1 is 1.08 bits per heavy atom. The Hall–Kier alpha value is -3.67. The number of H-pyrrole nitrogens is 1. The number of carbonyl (C=O) groups is 3. The largest absolute Gasteiger partial charge is 0.478 e. The fourth-order valence-corrected chi connectivity index (χ4v) is 3.10. The number of benzene rings is 2. The summed E-state index contributed by atoms with van der Waals surface area (Å²) in [7, 11) is 0. The van der Waals surface area contributed by atoms with Crippen LogP contribution in [0.2, 0.25) is 0 Å². The highest BCUT2D eigenvalue weighted by Gasteiger charge is 2.35. The van der Waals surface area contributed by atoms with E-state index in [1.165, 1.54) is 24.3 Å². The first-order chi connectivity index (χ1) is 12.5. The molecule has 2 heterocycles. The molecule has 2 amide bonds. The van der Waals surface area contributed by atoms with Crippen molar-refractivity contribution in [2.45, 2.75) is 6.42 Å². The number of anilines is 1. The summed E-state index contributed by atoms with van der Waals surface area (Å²) in [6.07, 6.45) is 3.55. The average Bonchev–Trinajstić information content (AvgIpc) is 3.16. The summed E-state index contributed by atoms with van der Waals surface area (Å²) in [5, 5.41) is 9.93. The van der Waals surface area contributed by atoms with Crippen LogP contribution in [0.4, 0.5) is 5.69 Å². The SMILES string of the molecule is O=C(O)c1ccc(N2C(=O)C/C(=C/c3c[nH]c4ccccc34)C2=O)cc1. The smallest absolute Gasteiger partial charge is 0.335 e. The average molecular weight is 346 g/mol. The first-order valence-electron chi connectivity index (χ1n) is 8.02. The van der Waals surface area contributed by atoms with E-state index in [0.717, 1.165) is 21.4 Å². The molecule has 2 N–H and O–H groups in total. The molecule has 1 aromatic heterocycles. The van der Waals surface area contributed by atoms with Crippen LogP contribution in [-0.4, -0.2) is 27.9 Å². The Kier molecular flexibility index (Phi) is 3.65. The number of rotatable bonds is 3. The van der Waals surface area contributed by atoms with Gasteiger partial charge in [0.05, 0.1) is 17.7 Å². The minimum absolute atomic E-state index is 0.0129. The fraction of sp³-hybridized carbons (Fsp3) is 0.0500. The lowest BCUT2D eigenvalue weighted by Crippen LogP contribution is -2.28. The number of carbonyl (C=O) groups excluding carboxylic acids is 2. The van der Waals surface area contributed by atoms with Crippen LogP contribution in [0.3, 0.4) is 0 Å². The van der Waals surface area contributed by atoms with Crippen LogP contribution in [-0.2, 0) is 9.59 Å². The van der Waals surface area contributed by atoms with E-state index >= 15 is 0 Å². The van der Waals surface area contributed by atoms with Gasteiger partial charge in [-0.2, -0.15) is 0 Å². The molecule has 1 aliphatic heterocycles. The zero-order valence-electron chi connectivity index (χ0n) is 13.6. The number of aromatic carboxylic acids is 1. The van der Waals surface area contributed by atoms with Gasteiger partial charge in [0, 0.05) is 28.2 Å². The van der Waals surface area contributed by atoms with Gasteiger partial charge in [0.1, 0.15) is 0 Å². The molecule has 1 saturated heterocycles. The van der Waals surface area contributed by atoms with Crippen molar-refractivity contribution in [3.8, 4) is 0 Å². The number of hydrogen-bond acceptors (Lipinski definition) is 3. The summed E-state index contributed by atoms with van der Waals surface area (Å²) in [4.78, 5) is 40.2. The molecular weight excluding hydrogens is 332 g/mol. The van der Waals surface area contributed by atoms with Crippen molar-refractivity contribution in [1.29, 1.82) is 0 Å². The van der Waals surface area contributed by atoms with Crippen LogP contribution >= 0.6 is 0 Å². The zero-order valence-corrected chi connectivity index (χ0v) is 13.6. The van der Waals surface area contributed by atoms with Gasteiger partial charge in [-0.25, -0.2) is 9.69 Å². The summed E-state index contributed by atoms with van der Waals surface area (Å²) >= 11 is 0. The lowest BCUT2D eigenvalue weighted by Gasteiger charge is -2.13. The van der Waals surface area contributed by atoms with E-state index in [-0.39, 0.29) is 23.8 Å². The first kappa shape index (κ1) is 15.8. The monoisotopic (exact) mass is 346 g/mol. The summed E-state index contributed by atoms with van der Waals surface area (Å²) in [5.74, 6) is -1.77. The van der Waals surface area contributed by atoms with Gasteiger partial charge in [0.2, 0.25) is 5.91 Å². The zero-order chi connectivity index (χ0) is 18.3. The van der Waals surface area contributed by atoms with Crippen molar-refractivity contribution in [3.63, 3.8) is 0 Å². The molecule has 26 heavy (non-hydrogen) atoms. The second-order valence-corrected chi connectivity index (χ2v) is 6.02. The van der Waals surface area contributed by atoms with Crippen LogP contribution in [0.15, 0.2) is 60.3 Å². The van der Waals surface area contributed by atoms with Gasteiger partial charge in [0.25, 0.3) is 5.91 Å². The maximum atomic E-state index is 12.7. The van der Waals surface area contributed by atoms with Crippen molar-refractivity contribution < 1.29 is 19.5 Å². The molecule has 0 unspecified atom stereocenters. The lowest BCUT2D eigenvalue weighted by molar-refractivity contribution is -0.120. The summed E-state index contributed by atoms with van der Waals surface area (Å²) in [5.41, 5.74) is 2.67. The molecular formula is C20H14N2O4. The van der Waals surface area contributed by atoms with E-state index in [4.69, 9.17) is 5.11 Å². The predicted molar refractivity (Wildman–Crippen MR) is 96.8 cm³/mol. The van der Waals surface area contributed by atoms with Gasteiger partial charge in [-0.15, -0.1) is 0 Å². The highest BCUT2D eigenvalue weighted by Crippen LogP contribution is 2.29. The van der Waals surface area contributed by atoms with E-state index < -0.39 is 5.97 Å². The third-order valence-corrected chi connectivity index (χ3v) is 4.39. The number of fused-ring (bicyclic) bond motifs is 1. The summed E-state index contributed by atoms with van der Waals surface area (Å²) < 4.78 is 0. The first-order valence-corrected chi connectivity index (χ1v) is 8.02. The van der Waals surface area contributed by atoms with E-state index in [2.05, 4.69) is 4.98 Å². The standard InChI is InChI=1S/C20H14N2O4/c23-18-10-13(9-14-11-21-17-4-2-1-3-16(14)17)19(24)22(18)15-7-5-12(6-8-15)20(25)26/h1-9,11,21H,10H2,(H,25,26)/b13-9-. The van der Waals surface area contributed by atoms with Gasteiger partial charge in [-0.1, -0.05) is 18.2 Å². The second kappa shape index (κ2) is 6.00. The van der Waals surface area contributed by atoms with Gasteiger partial charge in [-0.3, -0.25) is 9.59 Å². The number of nitrogens with one attached hydrogen (secondary N) is 1. The molecule has 6 heteroatoms. The minimum Gasteiger partial charge on any atom is -0.478 e. The fourth-order valence-electron chi connectivity index (χ4n) is 3.10. The molecule has 2 aromatic carbocycles. The maximum Gasteiger partial charge on any atom is 0.335 e. The summed E-state index contributed by atoms with van der Waals surface area (Å²) in [6, 6.07) is 13.4. The van der Waals surface area contributed by atoms with Gasteiger partial charge in [0.15, 0.2) is 0 Å². The molecule has 128 valence electrons. The number of aromatic amines is 1. The molecule has 0 radical (unpaired) electrons. The molecule has 3 aromatic rings. The molecule has 0 bridgehead atoms. The Balaban J connectivity index is 1.68. The van der Waals surface area contributed by atoms with Gasteiger partial charge < -0.3 is 10.1 Å². The van der Waals surface area contributed by atoms with Crippen LogP contribution < -0.4 is 4.90 Å². The Morgan fingerprint density at radius 2 is 1.81 bits per heavy atom. The topological polar surface area (TPSA) is 90.5 Å². The van der Waals surface area contributed by atoms with Crippen LogP contribution in [0.1, 0.15) is 22.3 Å². The summed E-state index contributed by atoms with van der Waals surface area (Å²) in [6.45, 7) is 0. The number of amides is 2. The molecule has 1 aliphatic rings. The highest BCUT2D eigenvalue weighted by atomic mass is 16.4. The number of carboxylic acid groups (broad SMARTS) is 1. The molecule has 0 aliphatic carbocycles. The molecule has 1 fully saturated rings. The number of nitrogens with zero attached hydrogens (tertiary/aromatic N) is 1. The van der Waals surface area contributed by atoms with Crippen molar-refractivity contribution in [2.24, 2.45) is 0 Å². The Bertz CT molecular complexity index is 1080. The predicted octanol–water partition coefficient (Wildman–Crippen LogP) is 3.21. The van der Waals surface area contributed by atoms with E-state index in [0.29, 0.717) is 11.3 Å². The molecule has 4 rings (SSSR count). The van der Waals surface area contributed by atoms with Crippen LogP contribution in [0.5, 0.6) is 0 Å². The number of carboxylic acids is 1. The third kappa shape index (κ3) is 2.57. The molecule has 0 spiro atoms. The lowest BCUT2D eigenvalue weighted by atomic mass is 10.1. The quantitative estimate of drug-likeness (QED) is 0.563.